The summed E-state index contributed by atoms with van der Waals surface area (Å²) in [6.45, 7) is 2.51. The van der Waals surface area contributed by atoms with Gasteiger partial charge in [0.1, 0.15) is 5.82 Å². The maximum Gasteiger partial charge on any atom is 0.150 e. The molecule has 0 aliphatic carbocycles. The first-order valence-corrected chi connectivity index (χ1v) is 7.98. The van der Waals surface area contributed by atoms with Gasteiger partial charge in [-0.25, -0.2) is 12.8 Å². The molecule has 1 heterocycles. The lowest BCUT2D eigenvalue weighted by molar-refractivity contribution is 0.463. The molecule has 1 aromatic rings. The summed E-state index contributed by atoms with van der Waals surface area (Å²) >= 11 is 0. The van der Waals surface area contributed by atoms with E-state index in [0.29, 0.717) is 18.5 Å². The van der Waals surface area contributed by atoms with Crippen LogP contribution < -0.4 is 5.32 Å². The van der Waals surface area contributed by atoms with Gasteiger partial charge in [0.05, 0.1) is 11.5 Å². The van der Waals surface area contributed by atoms with Crippen molar-refractivity contribution in [3.8, 4) is 0 Å². The zero-order valence-corrected chi connectivity index (χ0v) is 11.2. The van der Waals surface area contributed by atoms with Crippen molar-refractivity contribution >= 4 is 9.84 Å². The molecule has 1 saturated heterocycles. The molecule has 18 heavy (non-hydrogen) atoms. The van der Waals surface area contributed by atoms with Crippen LogP contribution in [0.2, 0.25) is 0 Å². The van der Waals surface area contributed by atoms with Crippen LogP contribution in [0.1, 0.15) is 24.9 Å². The number of rotatable bonds is 4. The van der Waals surface area contributed by atoms with Crippen LogP contribution in [0, 0.1) is 11.7 Å². The predicted octanol–water partition coefficient (Wildman–Crippen LogP) is 1.91. The molecule has 0 amide bonds. The average molecular weight is 271 g/mol. The number of benzene rings is 1. The molecule has 5 heteroatoms. The van der Waals surface area contributed by atoms with Gasteiger partial charge in [0.2, 0.25) is 0 Å². The lowest BCUT2D eigenvalue weighted by atomic mass is 10.1. The van der Waals surface area contributed by atoms with E-state index in [9.17, 15) is 12.8 Å². The Hall–Kier alpha value is -0.940. The summed E-state index contributed by atoms with van der Waals surface area (Å²) in [4.78, 5) is 0. The Balaban J connectivity index is 1.90. The molecular weight excluding hydrogens is 253 g/mol. The number of sulfone groups is 1. The zero-order chi connectivity index (χ0) is 13.2. The molecular formula is C13H18FNO2S. The van der Waals surface area contributed by atoms with Gasteiger partial charge in [0.15, 0.2) is 9.84 Å². The molecule has 0 radical (unpaired) electrons. The molecule has 0 spiro atoms. The fourth-order valence-corrected chi connectivity index (χ4v) is 4.17. The van der Waals surface area contributed by atoms with Gasteiger partial charge >= 0.3 is 0 Å². The summed E-state index contributed by atoms with van der Waals surface area (Å²) in [6.07, 6.45) is 0.708. The van der Waals surface area contributed by atoms with Crippen molar-refractivity contribution in [1.82, 2.24) is 5.32 Å². The molecule has 0 bridgehead atoms. The van der Waals surface area contributed by atoms with Crippen LogP contribution in [-0.4, -0.2) is 26.5 Å². The molecule has 100 valence electrons. The second-order valence-electron chi connectivity index (χ2n) is 4.92. The molecule has 2 rings (SSSR count). The quantitative estimate of drug-likeness (QED) is 0.910. The van der Waals surface area contributed by atoms with Crippen LogP contribution in [0.15, 0.2) is 24.3 Å². The van der Waals surface area contributed by atoms with E-state index in [-0.39, 0.29) is 29.3 Å². The molecule has 0 aromatic heterocycles. The molecule has 2 atom stereocenters. The highest BCUT2D eigenvalue weighted by molar-refractivity contribution is 7.91. The Kier molecular flexibility index (Phi) is 4.02. The Labute approximate surface area is 107 Å². The summed E-state index contributed by atoms with van der Waals surface area (Å²) < 4.78 is 36.2. The highest BCUT2D eigenvalue weighted by Crippen LogP contribution is 2.20. The normalized spacial score (nSPS) is 24.0. The Morgan fingerprint density at radius 1 is 1.44 bits per heavy atom. The summed E-state index contributed by atoms with van der Waals surface area (Å²) in [5.41, 5.74) is 0.623. The predicted molar refractivity (Wildman–Crippen MR) is 69.6 cm³/mol. The van der Waals surface area contributed by atoms with Crippen LogP contribution >= 0.6 is 0 Å². The Morgan fingerprint density at radius 3 is 2.78 bits per heavy atom. The van der Waals surface area contributed by atoms with Crippen LogP contribution in [0.5, 0.6) is 0 Å². The summed E-state index contributed by atoms with van der Waals surface area (Å²) in [6, 6.07) is 6.55. The minimum Gasteiger partial charge on any atom is -0.310 e. The van der Waals surface area contributed by atoms with Crippen molar-refractivity contribution in [2.75, 3.05) is 18.1 Å². The van der Waals surface area contributed by atoms with Crippen LogP contribution in [-0.2, 0) is 9.84 Å². The summed E-state index contributed by atoms with van der Waals surface area (Å²) in [7, 11) is -2.83. The lowest BCUT2D eigenvalue weighted by Gasteiger charge is -2.17. The summed E-state index contributed by atoms with van der Waals surface area (Å²) in [5.74, 6) is 0.470. The molecule has 2 unspecified atom stereocenters. The summed E-state index contributed by atoms with van der Waals surface area (Å²) in [5, 5.41) is 3.22. The van der Waals surface area contributed by atoms with Crippen molar-refractivity contribution in [3.63, 3.8) is 0 Å². The lowest BCUT2D eigenvalue weighted by Crippen LogP contribution is -2.27. The van der Waals surface area contributed by atoms with E-state index in [2.05, 4.69) is 5.32 Å². The largest absolute Gasteiger partial charge is 0.310 e. The molecule has 1 aliphatic rings. The molecule has 1 aromatic carbocycles. The Bertz CT molecular complexity index is 515. The van der Waals surface area contributed by atoms with Crippen LogP contribution in [0.25, 0.3) is 0 Å². The van der Waals surface area contributed by atoms with E-state index in [1.807, 2.05) is 6.92 Å². The van der Waals surface area contributed by atoms with Gasteiger partial charge in [-0.05, 0) is 31.9 Å². The van der Waals surface area contributed by atoms with Gasteiger partial charge in [-0.1, -0.05) is 18.2 Å². The van der Waals surface area contributed by atoms with Crippen LogP contribution in [0.4, 0.5) is 4.39 Å². The van der Waals surface area contributed by atoms with Gasteiger partial charge in [-0.2, -0.15) is 0 Å². The highest BCUT2D eigenvalue weighted by Gasteiger charge is 2.27. The average Bonchev–Trinajstić information content (AvgIpc) is 2.66. The van der Waals surface area contributed by atoms with Crippen molar-refractivity contribution < 1.29 is 12.8 Å². The van der Waals surface area contributed by atoms with Gasteiger partial charge in [0, 0.05) is 11.6 Å². The number of halogens is 1. The first-order valence-electron chi connectivity index (χ1n) is 6.16. The second kappa shape index (κ2) is 5.36. The SMILES string of the molecule is CC(NCC1CCS(=O)(=O)C1)c1ccccc1F. The smallest absolute Gasteiger partial charge is 0.150 e. The monoisotopic (exact) mass is 271 g/mol. The van der Waals surface area contributed by atoms with Crippen molar-refractivity contribution in [2.24, 2.45) is 5.92 Å². The highest BCUT2D eigenvalue weighted by atomic mass is 32.2. The van der Waals surface area contributed by atoms with Gasteiger partial charge in [0.25, 0.3) is 0 Å². The van der Waals surface area contributed by atoms with E-state index < -0.39 is 9.84 Å². The number of hydrogen-bond donors (Lipinski definition) is 1. The van der Waals surface area contributed by atoms with Crippen molar-refractivity contribution in [1.29, 1.82) is 0 Å². The topological polar surface area (TPSA) is 46.2 Å². The second-order valence-corrected chi connectivity index (χ2v) is 7.15. The molecule has 1 N–H and O–H groups in total. The third kappa shape index (κ3) is 3.29. The minimum absolute atomic E-state index is 0.102. The minimum atomic E-state index is -2.83. The third-order valence-electron chi connectivity index (χ3n) is 3.41. The first-order chi connectivity index (χ1) is 8.48. The van der Waals surface area contributed by atoms with Gasteiger partial charge in [-0.3, -0.25) is 0 Å². The van der Waals surface area contributed by atoms with Crippen LogP contribution in [0.3, 0.4) is 0 Å². The van der Waals surface area contributed by atoms with E-state index in [0.717, 1.165) is 0 Å². The Morgan fingerprint density at radius 2 is 2.17 bits per heavy atom. The standard InChI is InChI=1S/C13H18FNO2S/c1-10(12-4-2-3-5-13(12)14)15-8-11-6-7-18(16,17)9-11/h2-5,10-11,15H,6-9H2,1H3. The van der Waals surface area contributed by atoms with E-state index in [1.54, 1.807) is 18.2 Å². The van der Waals surface area contributed by atoms with E-state index >= 15 is 0 Å². The van der Waals surface area contributed by atoms with Gasteiger partial charge < -0.3 is 5.32 Å². The van der Waals surface area contributed by atoms with E-state index in [4.69, 9.17) is 0 Å². The third-order valence-corrected chi connectivity index (χ3v) is 5.25. The number of nitrogens with one attached hydrogen (secondary N) is 1. The fourth-order valence-electron chi connectivity index (χ4n) is 2.31. The maximum absolute atomic E-state index is 13.5. The zero-order valence-electron chi connectivity index (χ0n) is 10.4. The molecule has 0 saturated carbocycles. The fraction of sp³-hybridized carbons (Fsp3) is 0.538. The maximum atomic E-state index is 13.5. The van der Waals surface area contributed by atoms with E-state index in [1.165, 1.54) is 6.07 Å². The van der Waals surface area contributed by atoms with Gasteiger partial charge in [-0.15, -0.1) is 0 Å². The first kappa shape index (κ1) is 13.5. The number of hydrogen-bond acceptors (Lipinski definition) is 3. The van der Waals surface area contributed by atoms with Crippen molar-refractivity contribution in [2.45, 2.75) is 19.4 Å². The molecule has 1 aliphatic heterocycles. The van der Waals surface area contributed by atoms with Crippen molar-refractivity contribution in [3.05, 3.63) is 35.6 Å². The molecule has 1 fully saturated rings. The molecule has 3 nitrogen and oxygen atoms in total.